The number of primary amides is 1. The van der Waals surface area contributed by atoms with E-state index in [1.54, 1.807) is 0 Å². The van der Waals surface area contributed by atoms with Gasteiger partial charge < -0.3 is 42.7 Å². The minimum Gasteiger partial charge on any atom is -0.480 e. The Kier molecular flexibility index (Phi) is 9.80. The molecule has 0 aliphatic heterocycles. The molecule has 0 saturated carbocycles. The average Bonchev–Trinajstić information content (AvgIpc) is 2.55. The Hall–Kier alpha value is -2.77. The van der Waals surface area contributed by atoms with Gasteiger partial charge in [-0.1, -0.05) is 0 Å². The van der Waals surface area contributed by atoms with Crippen LogP contribution in [0.5, 0.6) is 0 Å². The fourth-order valence-corrected chi connectivity index (χ4v) is 1.65. The molecule has 0 aliphatic rings. The van der Waals surface area contributed by atoms with Crippen LogP contribution in [0.25, 0.3) is 0 Å². The number of hydrogen-bond acceptors (Lipinski definition) is 8. The predicted octanol–water partition coefficient (Wildman–Crippen LogP) is -5.27. The number of hydrogen-bond donors (Lipinski definition) is 8. The molecule has 10 N–H and O–H groups in total. The van der Waals surface area contributed by atoms with E-state index < -0.39 is 73.4 Å². The first-order valence-electron chi connectivity index (χ1n) is 7.42. The summed E-state index contributed by atoms with van der Waals surface area (Å²) < 4.78 is 0. The van der Waals surface area contributed by atoms with Gasteiger partial charge in [0.1, 0.15) is 24.7 Å². The van der Waals surface area contributed by atoms with Gasteiger partial charge in [-0.3, -0.25) is 24.0 Å². The van der Waals surface area contributed by atoms with Crippen molar-refractivity contribution >= 4 is 29.6 Å². The number of aliphatic carboxylic acids is 1. The van der Waals surface area contributed by atoms with Gasteiger partial charge in [0, 0.05) is 0 Å². The third-order valence-corrected chi connectivity index (χ3v) is 3.09. The Labute approximate surface area is 148 Å². The first kappa shape index (κ1) is 23.2. The van der Waals surface area contributed by atoms with Gasteiger partial charge >= 0.3 is 5.97 Å². The SMILES string of the molecule is CC(O)C(N)C(=O)NC(CC(N)=O)C(=O)NC(CO)C(=O)NCC(=O)O. The van der Waals surface area contributed by atoms with E-state index in [2.05, 4.69) is 5.32 Å². The summed E-state index contributed by atoms with van der Waals surface area (Å²) in [5.41, 5.74) is 10.4. The van der Waals surface area contributed by atoms with Crippen LogP contribution in [0.1, 0.15) is 13.3 Å². The van der Waals surface area contributed by atoms with Crippen LogP contribution in [0.2, 0.25) is 0 Å². The molecule has 0 aromatic heterocycles. The zero-order valence-electron chi connectivity index (χ0n) is 14.0. The maximum Gasteiger partial charge on any atom is 0.322 e. The highest BCUT2D eigenvalue weighted by Gasteiger charge is 2.30. The molecular formula is C13H23N5O8. The summed E-state index contributed by atoms with van der Waals surface area (Å²) in [6.45, 7) is -0.375. The van der Waals surface area contributed by atoms with Gasteiger partial charge in [-0.05, 0) is 6.92 Å². The highest BCUT2D eigenvalue weighted by Crippen LogP contribution is 1.97. The second-order valence-corrected chi connectivity index (χ2v) is 5.35. The van der Waals surface area contributed by atoms with Gasteiger partial charge in [0.2, 0.25) is 23.6 Å². The Balaban J connectivity index is 5.04. The number of aliphatic hydroxyl groups excluding tert-OH is 2. The molecule has 0 aliphatic carbocycles. The largest absolute Gasteiger partial charge is 0.480 e. The number of nitrogens with two attached hydrogens (primary N) is 2. The molecule has 4 atom stereocenters. The standard InChI is InChI=1S/C13H23N5O8/c1-5(20)10(15)13(26)17-6(2-8(14)21)12(25)18-7(4-19)11(24)16-3-9(22)23/h5-7,10,19-20H,2-4,15H2,1H3,(H2,14,21)(H,16,24)(H,17,26)(H,18,25)(H,22,23). The van der Waals surface area contributed by atoms with Crippen LogP contribution in [-0.2, 0) is 24.0 Å². The van der Waals surface area contributed by atoms with E-state index in [1.807, 2.05) is 10.6 Å². The van der Waals surface area contributed by atoms with Crippen LogP contribution in [0.4, 0.5) is 0 Å². The number of aliphatic hydroxyl groups is 2. The Morgan fingerprint density at radius 2 is 1.54 bits per heavy atom. The molecule has 13 heteroatoms. The number of rotatable bonds is 11. The number of amides is 4. The molecule has 0 heterocycles. The van der Waals surface area contributed by atoms with E-state index in [1.165, 1.54) is 6.92 Å². The average molecular weight is 377 g/mol. The summed E-state index contributed by atoms with van der Waals surface area (Å²) in [5, 5.41) is 33.0. The Morgan fingerprint density at radius 1 is 1.00 bits per heavy atom. The number of carbonyl (C=O) groups excluding carboxylic acids is 4. The summed E-state index contributed by atoms with van der Waals surface area (Å²) in [5.74, 6) is -5.27. The highest BCUT2D eigenvalue weighted by atomic mass is 16.4. The van der Waals surface area contributed by atoms with E-state index in [-0.39, 0.29) is 0 Å². The minimum absolute atomic E-state index is 0.640. The maximum absolute atomic E-state index is 12.2. The molecule has 26 heavy (non-hydrogen) atoms. The lowest BCUT2D eigenvalue weighted by molar-refractivity contribution is -0.139. The van der Waals surface area contributed by atoms with Gasteiger partial charge in [-0.15, -0.1) is 0 Å². The molecule has 4 amide bonds. The Bertz CT molecular complexity index is 553. The van der Waals surface area contributed by atoms with Gasteiger partial charge in [0.05, 0.1) is 19.1 Å². The molecule has 148 valence electrons. The smallest absolute Gasteiger partial charge is 0.322 e. The molecule has 0 bridgehead atoms. The lowest BCUT2D eigenvalue weighted by Gasteiger charge is -2.23. The van der Waals surface area contributed by atoms with Crippen LogP contribution >= 0.6 is 0 Å². The second kappa shape index (κ2) is 11.0. The molecule has 0 aromatic carbocycles. The zero-order valence-corrected chi connectivity index (χ0v) is 14.0. The van der Waals surface area contributed by atoms with Gasteiger partial charge in [0.15, 0.2) is 0 Å². The zero-order chi connectivity index (χ0) is 20.4. The van der Waals surface area contributed by atoms with E-state index in [4.69, 9.17) is 21.7 Å². The monoisotopic (exact) mass is 377 g/mol. The fourth-order valence-electron chi connectivity index (χ4n) is 1.65. The topological polar surface area (TPSA) is 234 Å². The van der Waals surface area contributed by atoms with E-state index in [9.17, 15) is 29.1 Å². The van der Waals surface area contributed by atoms with E-state index in [0.29, 0.717) is 0 Å². The molecule has 0 fully saturated rings. The van der Waals surface area contributed by atoms with Gasteiger partial charge in [-0.25, -0.2) is 0 Å². The normalized spacial score (nSPS) is 15.1. The number of nitrogens with one attached hydrogen (secondary N) is 3. The van der Waals surface area contributed by atoms with Crippen molar-refractivity contribution in [3.05, 3.63) is 0 Å². The van der Waals surface area contributed by atoms with Crippen molar-refractivity contribution < 1.29 is 39.3 Å². The lowest BCUT2D eigenvalue weighted by Crippen LogP contribution is -2.58. The van der Waals surface area contributed by atoms with Crippen molar-refractivity contribution in [2.24, 2.45) is 11.5 Å². The summed E-state index contributed by atoms with van der Waals surface area (Å²) >= 11 is 0. The highest BCUT2D eigenvalue weighted by molar-refractivity contribution is 5.96. The molecule has 0 saturated heterocycles. The second-order valence-electron chi connectivity index (χ2n) is 5.35. The van der Waals surface area contributed by atoms with Crippen molar-refractivity contribution in [2.45, 2.75) is 37.6 Å². The van der Waals surface area contributed by atoms with E-state index in [0.717, 1.165) is 0 Å². The fraction of sp³-hybridized carbons (Fsp3) is 0.615. The van der Waals surface area contributed by atoms with E-state index >= 15 is 0 Å². The quantitative estimate of drug-likeness (QED) is 0.171. The lowest BCUT2D eigenvalue weighted by atomic mass is 10.1. The molecule has 0 aromatic rings. The number of carboxylic acid groups (broad SMARTS) is 1. The third-order valence-electron chi connectivity index (χ3n) is 3.09. The van der Waals surface area contributed by atoms with Gasteiger partial charge in [0.25, 0.3) is 0 Å². The summed E-state index contributed by atoms with van der Waals surface area (Å²) in [6, 6.07) is -4.43. The van der Waals surface area contributed by atoms with Crippen LogP contribution in [-0.4, -0.2) is 82.3 Å². The van der Waals surface area contributed by atoms with Gasteiger partial charge in [-0.2, -0.15) is 0 Å². The summed E-state index contributed by atoms with van der Waals surface area (Å²) in [6.07, 6.45) is -1.88. The maximum atomic E-state index is 12.2. The van der Waals surface area contributed by atoms with Crippen molar-refractivity contribution in [1.29, 1.82) is 0 Å². The summed E-state index contributed by atoms with van der Waals surface area (Å²) in [4.78, 5) is 57.2. The molecule has 0 radical (unpaired) electrons. The minimum atomic E-state index is -1.53. The predicted molar refractivity (Wildman–Crippen MR) is 85.1 cm³/mol. The molecular weight excluding hydrogens is 354 g/mol. The van der Waals surface area contributed by atoms with Crippen LogP contribution in [0.3, 0.4) is 0 Å². The molecule has 13 nitrogen and oxygen atoms in total. The molecule has 0 spiro atoms. The van der Waals surface area contributed by atoms with Crippen molar-refractivity contribution in [1.82, 2.24) is 16.0 Å². The Morgan fingerprint density at radius 3 is 1.96 bits per heavy atom. The first-order chi connectivity index (χ1) is 12.0. The third kappa shape index (κ3) is 8.36. The number of carboxylic acids is 1. The van der Waals surface area contributed by atoms with Crippen molar-refractivity contribution in [3.8, 4) is 0 Å². The summed E-state index contributed by atoms with van der Waals surface area (Å²) in [7, 11) is 0. The van der Waals surface area contributed by atoms with Crippen LogP contribution in [0, 0.1) is 0 Å². The van der Waals surface area contributed by atoms with Crippen molar-refractivity contribution in [3.63, 3.8) is 0 Å². The number of carbonyl (C=O) groups is 5. The van der Waals surface area contributed by atoms with Crippen LogP contribution < -0.4 is 27.4 Å². The molecule has 0 rings (SSSR count). The first-order valence-corrected chi connectivity index (χ1v) is 7.42. The van der Waals surface area contributed by atoms with Crippen LogP contribution in [0.15, 0.2) is 0 Å². The molecule has 4 unspecified atom stereocenters. The van der Waals surface area contributed by atoms with Crippen molar-refractivity contribution in [2.75, 3.05) is 13.2 Å².